The summed E-state index contributed by atoms with van der Waals surface area (Å²) in [7, 11) is 0. The maximum absolute atomic E-state index is 12.0. The lowest BCUT2D eigenvalue weighted by Gasteiger charge is -2.12. The average Bonchev–Trinajstić information content (AvgIpc) is 2.93. The number of hydrogen-bond donors (Lipinski definition) is 2. The van der Waals surface area contributed by atoms with Gasteiger partial charge in [0.05, 0.1) is 23.1 Å². The van der Waals surface area contributed by atoms with Crippen LogP contribution in [-0.4, -0.2) is 11.2 Å². The smallest absolute Gasteiger partial charge is 0.233 e. The van der Waals surface area contributed by atoms with Crippen LogP contribution >= 0.6 is 23.4 Å². The summed E-state index contributed by atoms with van der Waals surface area (Å²) in [5.74, 6) is 0.641. The summed E-state index contributed by atoms with van der Waals surface area (Å²) in [6.07, 6.45) is 1.58. The molecule has 0 saturated heterocycles. The van der Waals surface area contributed by atoms with Crippen molar-refractivity contribution in [1.29, 1.82) is 0 Å². The summed E-state index contributed by atoms with van der Waals surface area (Å²) < 4.78 is 5.16. The van der Waals surface area contributed by atoms with Gasteiger partial charge in [0.1, 0.15) is 5.76 Å². The van der Waals surface area contributed by atoms with Gasteiger partial charge < -0.3 is 15.5 Å². The zero-order valence-electron chi connectivity index (χ0n) is 10.9. The van der Waals surface area contributed by atoms with Crippen molar-refractivity contribution in [2.45, 2.75) is 23.6 Å². The minimum atomic E-state index is -0.274. The second kappa shape index (κ2) is 6.72. The number of rotatable bonds is 5. The van der Waals surface area contributed by atoms with Crippen LogP contribution in [0, 0.1) is 0 Å². The highest BCUT2D eigenvalue weighted by Gasteiger charge is 2.16. The van der Waals surface area contributed by atoms with Crippen LogP contribution in [0.4, 0.5) is 5.69 Å². The predicted molar refractivity (Wildman–Crippen MR) is 81.7 cm³/mol. The van der Waals surface area contributed by atoms with Crippen molar-refractivity contribution in [3.63, 3.8) is 0 Å². The lowest BCUT2D eigenvalue weighted by Crippen LogP contribution is -2.30. The molecule has 0 aliphatic heterocycles. The van der Waals surface area contributed by atoms with Gasteiger partial charge in [-0.1, -0.05) is 11.6 Å². The van der Waals surface area contributed by atoms with Gasteiger partial charge in [0.25, 0.3) is 0 Å². The number of nitrogen functional groups attached to an aromatic ring is 1. The van der Waals surface area contributed by atoms with Gasteiger partial charge in [0.2, 0.25) is 5.91 Å². The molecule has 0 radical (unpaired) electrons. The fraction of sp³-hybridized carbons (Fsp3) is 0.214. The molecule has 1 amide bonds. The number of carbonyl (C=O) groups excluding carboxylic acids is 1. The van der Waals surface area contributed by atoms with Crippen LogP contribution in [0.1, 0.15) is 12.7 Å². The third-order valence-electron chi connectivity index (χ3n) is 2.65. The van der Waals surface area contributed by atoms with Crippen molar-refractivity contribution >= 4 is 35.0 Å². The molecule has 6 heteroatoms. The molecule has 2 aromatic rings. The molecule has 0 fully saturated rings. The second-order valence-corrected chi connectivity index (χ2v) is 6.04. The van der Waals surface area contributed by atoms with Gasteiger partial charge in [-0.3, -0.25) is 4.79 Å². The highest BCUT2D eigenvalue weighted by Crippen LogP contribution is 2.32. The Balaban J connectivity index is 1.92. The van der Waals surface area contributed by atoms with E-state index < -0.39 is 0 Å². The van der Waals surface area contributed by atoms with E-state index in [0.29, 0.717) is 17.3 Å². The maximum atomic E-state index is 12.0. The molecule has 0 aliphatic rings. The number of carbonyl (C=O) groups is 1. The van der Waals surface area contributed by atoms with E-state index in [2.05, 4.69) is 5.32 Å². The Morgan fingerprint density at radius 3 is 3.00 bits per heavy atom. The molecular formula is C14H15ClN2O2S. The van der Waals surface area contributed by atoms with Crippen LogP contribution in [0.2, 0.25) is 5.02 Å². The molecule has 1 heterocycles. The third kappa shape index (κ3) is 3.95. The van der Waals surface area contributed by atoms with Gasteiger partial charge in [0, 0.05) is 10.6 Å². The molecule has 0 aliphatic carbocycles. The van der Waals surface area contributed by atoms with Crippen molar-refractivity contribution in [3.05, 3.63) is 47.4 Å². The topological polar surface area (TPSA) is 68.3 Å². The zero-order chi connectivity index (χ0) is 14.5. The number of furan rings is 1. The zero-order valence-corrected chi connectivity index (χ0v) is 12.5. The molecule has 0 saturated carbocycles. The van der Waals surface area contributed by atoms with Gasteiger partial charge in [-0.05, 0) is 37.3 Å². The third-order valence-corrected chi connectivity index (χ3v) is 4.25. The summed E-state index contributed by atoms with van der Waals surface area (Å²) in [5, 5.41) is 3.13. The van der Waals surface area contributed by atoms with Gasteiger partial charge in [-0.25, -0.2) is 0 Å². The Morgan fingerprint density at radius 1 is 1.50 bits per heavy atom. The molecule has 1 atom stereocenters. The lowest BCUT2D eigenvalue weighted by atomic mass is 10.3. The monoisotopic (exact) mass is 310 g/mol. The molecule has 0 bridgehead atoms. The molecule has 1 unspecified atom stereocenters. The van der Waals surface area contributed by atoms with Crippen LogP contribution < -0.4 is 11.1 Å². The van der Waals surface area contributed by atoms with Crippen molar-refractivity contribution in [3.8, 4) is 0 Å². The average molecular weight is 311 g/mol. The number of nitrogens with one attached hydrogen (secondary N) is 1. The van der Waals surface area contributed by atoms with E-state index in [1.165, 1.54) is 11.8 Å². The molecule has 106 valence electrons. The molecule has 1 aromatic heterocycles. The number of benzene rings is 1. The normalized spacial score (nSPS) is 12.1. The number of halogens is 1. The number of amides is 1. The van der Waals surface area contributed by atoms with Crippen molar-refractivity contribution in [2.75, 3.05) is 5.73 Å². The SMILES string of the molecule is CC(Sc1cc(N)ccc1Cl)C(=O)NCc1ccco1. The summed E-state index contributed by atoms with van der Waals surface area (Å²) in [6, 6.07) is 8.82. The van der Waals surface area contributed by atoms with Crippen molar-refractivity contribution < 1.29 is 9.21 Å². The van der Waals surface area contributed by atoms with Gasteiger partial charge in [-0.15, -0.1) is 11.8 Å². The Kier molecular flexibility index (Phi) is 4.98. The first-order valence-electron chi connectivity index (χ1n) is 6.08. The Morgan fingerprint density at radius 2 is 2.30 bits per heavy atom. The highest BCUT2D eigenvalue weighted by atomic mass is 35.5. The number of hydrogen-bond acceptors (Lipinski definition) is 4. The molecule has 2 rings (SSSR count). The minimum Gasteiger partial charge on any atom is -0.467 e. The first-order valence-corrected chi connectivity index (χ1v) is 7.34. The quantitative estimate of drug-likeness (QED) is 0.656. The fourth-order valence-electron chi connectivity index (χ4n) is 1.59. The summed E-state index contributed by atoms with van der Waals surface area (Å²) in [4.78, 5) is 12.8. The minimum absolute atomic E-state index is 0.0788. The van der Waals surface area contributed by atoms with Crippen LogP contribution in [0.25, 0.3) is 0 Å². The van der Waals surface area contributed by atoms with Crippen molar-refractivity contribution in [1.82, 2.24) is 5.32 Å². The van der Waals surface area contributed by atoms with Crippen LogP contribution in [0.5, 0.6) is 0 Å². The van der Waals surface area contributed by atoms with E-state index in [9.17, 15) is 4.79 Å². The molecule has 1 aromatic carbocycles. The fourth-order valence-corrected chi connectivity index (χ4v) is 2.79. The van der Waals surface area contributed by atoms with Crippen LogP contribution in [-0.2, 0) is 11.3 Å². The van der Waals surface area contributed by atoms with E-state index in [4.69, 9.17) is 21.8 Å². The second-order valence-electron chi connectivity index (χ2n) is 4.25. The largest absolute Gasteiger partial charge is 0.467 e. The molecule has 0 spiro atoms. The van der Waals surface area contributed by atoms with Gasteiger partial charge in [0.15, 0.2) is 0 Å². The van der Waals surface area contributed by atoms with E-state index in [1.54, 1.807) is 30.5 Å². The Labute approximate surface area is 126 Å². The van der Waals surface area contributed by atoms with Gasteiger partial charge >= 0.3 is 0 Å². The standard InChI is InChI=1S/C14H15ClN2O2S/c1-9(14(18)17-8-11-3-2-6-19-11)20-13-7-10(16)4-5-12(13)15/h2-7,9H,8,16H2,1H3,(H,17,18). The molecule has 4 nitrogen and oxygen atoms in total. The van der Waals surface area contributed by atoms with Gasteiger partial charge in [-0.2, -0.15) is 0 Å². The van der Waals surface area contributed by atoms with Crippen LogP contribution in [0.3, 0.4) is 0 Å². The van der Waals surface area contributed by atoms with Crippen LogP contribution in [0.15, 0.2) is 45.9 Å². The van der Waals surface area contributed by atoms with Crippen molar-refractivity contribution in [2.24, 2.45) is 0 Å². The number of thioether (sulfide) groups is 1. The molecular weight excluding hydrogens is 296 g/mol. The molecule has 20 heavy (non-hydrogen) atoms. The first-order chi connectivity index (χ1) is 9.56. The highest BCUT2D eigenvalue weighted by molar-refractivity contribution is 8.00. The van der Waals surface area contributed by atoms with E-state index in [-0.39, 0.29) is 11.2 Å². The first kappa shape index (κ1) is 14.8. The van der Waals surface area contributed by atoms with E-state index in [0.717, 1.165) is 10.7 Å². The summed E-state index contributed by atoms with van der Waals surface area (Å²) >= 11 is 7.46. The Bertz CT molecular complexity index is 587. The Hall–Kier alpha value is -1.59. The number of anilines is 1. The predicted octanol–water partition coefficient (Wildman–Crippen LogP) is 3.31. The van der Waals surface area contributed by atoms with E-state index >= 15 is 0 Å². The summed E-state index contributed by atoms with van der Waals surface area (Å²) in [6.45, 7) is 2.20. The molecule has 3 N–H and O–H groups in total. The van der Waals surface area contributed by atoms with E-state index in [1.807, 2.05) is 13.0 Å². The maximum Gasteiger partial charge on any atom is 0.233 e. The number of nitrogens with two attached hydrogens (primary N) is 1. The summed E-state index contributed by atoms with van der Waals surface area (Å²) in [5.41, 5.74) is 6.34. The lowest BCUT2D eigenvalue weighted by molar-refractivity contribution is -0.120.